The molecule has 1 N–H and O–H groups in total. The van der Waals surface area contributed by atoms with Crippen LogP contribution in [-0.2, 0) is 13.6 Å². The Morgan fingerprint density at radius 1 is 1.05 bits per heavy atom. The van der Waals surface area contributed by atoms with E-state index < -0.39 is 0 Å². The Morgan fingerprint density at radius 3 is 2.68 bits per heavy atom. The summed E-state index contributed by atoms with van der Waals surface area (Å²) in [6.07, 6.45) is 5.79. The van der Waals surface area contributed by atoms with Crippen molar-refractivity contribution in [3.05, 3.63) is 66.7 Å². The molecule has 3 rings (SSSR count). The van der Waals surface area contributed by atoms with Crippen LogP contribution in [0.15, 0.2) is 61.1 Å². The molecule has 19 heavy (non-hydrogen) atoms. The highest BCUT2D eigenvalue weighted by Crippen LogP contribution is 2.19. The first kappa shape index (κ1) is 11.6. The number of hydrogen-bond donors (Lipinski definition) is 1. The molecule has 0 atom stereocenters. The van der Waals surface area contributed by atoms with E-state index in [2.05, 4.69) is 52.5 Å². The smallest absolute Gasteiger partial charge is 0.0876 e. The molecule has 96 valence electrons. The molecule has 0 aliphatic rings. The molecule has 0 bridgehead atoms. The van der Waals surface area contributed by atoms with Gasteiger partial charge in [-0.05, 0) is 30.3 Å². The molecular formula is C15H16N4. The maximum Gasteiger partial charge on any atom is 0.0876 e. The molecule has 0 aliphatic carbocycles. The van der Waals surface area contributed by atoms with Crippen molar-refractivity contribution in [2.24, 2.45) is 7.05 Å². The fraction of sp³-hybridized carbons (Fsp3) is 0.133. The topological polar surface area (TPSA) is 34.8 Å². The van der Waals surface area contributed by atoms with E-state index in [9.17, 15) is 0 Å². The molecule has 4 heteroatoms. The van der Waals surface area contributed by atoms with Gasteiger partial charge in [0.15, 0.2) is 0 Å². The van der Waals surface area contributed by atoms with E-state index in [1.807, 2.05) is 29.1 Å². The van der Waals surface area contributed by atoms with Crippen LogP contribution in [-0.4, -0.2) is 14.3 Å². The fourth-order valence-electron chi connectivity index (χ4n) is 2.10. The molecule has 0 aliphatic heterocycles. The number of rotatable bonds is 4. The average molecular weight is 252 g/mol. The van der Waals surface area contributed by atoms with Crippen molar-refractivity contribution < 1.29 is 0 Å². The largest absolute Gasteiger partial charge is 0.378 e. The van der Waals surface area contributed by atoms with Crippen molar-refractivity contribution in [2.45, 2.75) is 6.54 Å². The molecule has 0 fully saturated rings. The number of benzene rings is 1. The minimum Gasteiger partial charge on any atom is -0.378 e. The van der Waals surface area contributed by atoms with Crippen LogP contribution < -0.4 is 5.32 Å². The normalized spacial score (nSPS) is 10.6. The van der Waals surface area contributed by atoms with Crippen molar-refractivity contribution in [2.75, 3.05) is 5.32 Å². The van der Waals surface area contributed by atoms with Gasteiger partial charge in [-0.1, -0.05) is 12.1 Å². The summed E-state index contributed by atoms with van der Waals surface area (Å²) < 4.78 is 3.98. The summed E-state index contributed by atoms with van der Waals surface area (Å²) >= 11 is 0. The molecule has 0 saturated carbocycles. The van der Waals surface area contributed by atoms with Crippen molar-refractivity contribution >= 4 is 5.69 Å². The van der Waals surface area contributed by atoms with Gasteiger partial charge in [-0.25, -0.2) is 4.68 Å². The van der Waals surface area contributed by atoms with Crippen LogP contribution in [0.1, 0.15) is 5.69 Å². The molecule has 4 nitrogen and oxygen atoms in total. The Hall–Kier alpha value is -2.49. The van der Waals surface area contributed by atoms with Crippen LogP contribution in [0.3, 0.4) is 0 Å². The average Bonchev–Trinajstić information content (AvgIpc) is 3.08. The highest BCUT2D eigenvalue weighted by atomic mass is 15.3. The SMILES string of the molecule is Cn1cccc1CNc1ccccc1-n1cccn1. The van der Waals surface area contributed by atoms with Crippen LogP contribution in [0.2, 0.25) is 0 Å². The fourth-order valence-corrected chi connectivity index (χ4v) is 2.10. The summed E-state index contributed by atoms with van der Waals surface area (Å²) in [6.45, 7) is 0.793. The van der Waals surface area contributed by atoms with Gasteiger partial charge < -0.3 is 9.88 Å². The van der Waals surface area contributed by atoms with Gasteiger partial charge in [-0.15, -0.1) is 0 Å². The monoisotopic (exact) mass is 252 g/mol. The first-order chi connectivity index (χ1) is 9.34. The zero-order valence-corrected chi connectivity index (χ0v) is 10.8. The van der Waals surface area contributed by atoms with Gasteiger partial charge in [0.25, 0.3) is 0 Å². The third kappa shape index (κ3) is 2.38. The second-order valence-electron chi connectivity index (χ2n) is 4.43. The number of nitrogens with one attached hydrogen (secondary N) is 1. The lowest BCUT2D eigenvalue weighted by atomic mass is 10.2. The van der Waals surface area contributed by atoms with Crippen molar-refractivity contribution in [3.8, 4) is 5.69 Å². The quantitative estimate of drug-likeness (QED) is 0.775. The molecule has 0 spiro atoms. The lowest BCUT2D eigenvalue weighted by Gasteiger charge is -2.12. The van der Waals surface area contributed by atoms with E-state index in [1.54, 1.807) is 6.20 Å². The highest BCUT2D eigenvalue weighted by Gasteiger charge is 2.04. The van der Waals surface area contributed by atoms with E-state index >= 15 is 0 Å². The molecular weight excluding hydrogens is 236 g/mol. The summed E-state index contributed by atoms with van der Waals surface area (Å²) in [5.74, 6) is 0. The molecule has 0 unspecified atom stereocenters. The third-order valence-corrected chi connectivity index (χ3v) is 3.17. The Labute approximate surface area is 112 Å². The van der Waals surface area contributed by atoms with Crippen LogP contribution in [0.4, 0.5) is 5.69 Å². The number of aromatic nitrogens is 3. The third-order valence-electron chi connectivity index (χ3n) is 3.17. The summed E-state index contributed by atoms with van der Waals surface area (Å²) in [7, 11) is 2.05. The maximum absolute atomic E-state index is 4.28. The van der Waals surface area contributed by atoms with Gasteiger partial charge in [-0.2, -0.15) is 5.10 Å². The standard InChI is InChI=1S/C15H16N4/c1-18-10-4-6-13(18)12-16-14-7-2-3-8-15(14)19-11-5-9-17-19/h2-11,16H,12H2,1H3. The van der Waals surface area contributed by atoms with Crippen molar-refractivity contribution in [1.29, 1.82) is 0 Å². The van der Waals surface area contributed by atoms with Crippen LogP contribution in [0.5, 0.6) is 0 Å². The van der Waals surface area contributed by atoms with Crippen molar-refractivity contribution in [1.82, 2.24) is 14.3 Å². The Kier molecular flexibility index (Phi) is 3.06. The second kappa shape index (κ2) is 5.02. The van der Waals surface area contributed by atoms with Crippen LogP contribution >= 0.6 is 0 Å². The van der Waals surface area contributed by atoms with Gasteiger partial charge in [0, 0.05) is 31.3 Å². The molecule has 3 aromatic rings. The van der Waals surface area contributed by atoms with Gasteiger partial charge >= 0.3 is 0 Å². The van der Waals surface area contributed by atoms with Crippen LogP contribution in [0.25, 0.3) is 5.69 Å². The zero-order valence-electron chi connectivity index (χ0n) is 10.8. The number of aryl methyl sites for hydroxylation is 1. The molecule has 2 aromatic heterocycles. The summed E-state index contributed by atoms with van der Waals surface area (Å²) in [6, 6.07) is 14.3. The maximum atomic E-state index is 4.28. The Balaban J connectivity index is 1.84. The first-order valence-corrected chi connectivity index (χ1v) is 6.28. The van der Waals surface area contributed by atoms with Gasteiger partial charge in [0.2, 0.25) is 0 Å². The summed E-state index contributed by atoms with van der Waals surface area (Å²) in [5.41, 5.74) is 3.38. The van der Waals surface area contributed by atoms with E-state index in [0.717, 1.165) is 17.9 Å². The van der Waals surface area contributed by atoms with Gasteiger partial charge in [0.1, 0.15) is 0 Å². The number of anilines is 1. The Bertz CT molecular complexity index is 652. The van der Waals surface area contributed by atoms with E-state index in [0.29, 0.717) is 0 Å². The highest BCUT2D eigenvalue weighted by molar-refractivity contribution is 5.60. The lowest BCUT2D eigenvalue weighted by Crippen LogP contribution is -2.07. The second-order valence-corrected chi connectivity index (χ2v) is 4.43. The van der Waals surface area contributed by atoms with E-state index in [-0.39, 0.29) is 0 Å². The summed E-state index contributed by atoms with van der Waals surface area (Å²) in [5, 5.41) is 7.74. The molecule has 0 radical (unpaired) electrons. The zero-order chi connectivity index (χ0) is 13.1. The molecule has 1 aromatic carbocycles. The van der Waals surface area contributed by atoms with Crippen molar-refractivity contribution in [3.63, 3.8) is 0 Å². The number of hydrogen-bond acceptors (Lipinski definition) is 2. The Morgan fingerprint density at radius 2 is 1.95 bits per heavy atom. The minimum absolute atomic E-state index is 0.793. The predicted molar refractivity (Wildman–Crippen MR) is 76.3 cm³/mol. The molecule has 0 saturated heterocycles. The van der Waals surface area contributed by atoms with E-state index in [4.69, 9.17) is 0 Å². The van der Waals surface area contributed by atoms with Crippen LogP contribution in [0, 0.1) is 0 Å². The van der Waals surface area contributed by atoms with E-state index in [1.165, 1.54) is 5.69 Å². The first-order valence-electron chi connectivity index (χ1n) is 6.28. The van der Waals surface area contributed by atoms with Gasteiger partial charge in [-0.3, -0.25) is 0 Å². The molecule has 0 amide bonds. The van der Waals surface area contributed by atoms with Gasteiger partial charge in [0.05, 0.1) is 17.9 Å². The number of para-hydroxylation sites is 2. The summed E-state index contributed by atoms with van der Waals surface area (Å²) in [4.78, 5) is 0. The molecule has 2 heterocycles. The lowest BCUT2D eigenvalue weighted by molar-refractivity contribution is 0.837. The number of nitrogens with zero attached hydrogens (tertiary/aromatic N) is 3. The minimum atomic E-state index is 0.793. The predicted octanol–water partition coefficient (Wildman–Crippen LogP) is 2.82.